The fraction of sp³-hybridized carbons (Fsp3) is 0.769. The predicted molar refractivity (Wildman–Crippen MR) is 72.8 cm³/mol. The number of hydrogen-bond donors (Lipinski definition) is 0. The Hall–Kier alpha value is -0.890. The molecule has 2 rings (SSSR count). The van der Waals surface area contributed by atoms with Gasteiger partial charge in [-0.15, -0.1) is 11.8 Å². The molecule has 2 atom stereocenters. The van der Waals surface area contributed by atoms with Crippen LogP contribution in [0.25, 0.3) is 0 Å². The van der Waals surface area contributed by atoms with Crippen molar-refractivity contribution < 1.29 is 27.4 Å². The Bertz CT molecular complexity index is 468. The van der Waals surface area contributed by atoms with E-state index in [0.717, 1.165) is 31.5 Å². The van der Waals surface area contributed by atoms with Crippen LogP contribution in [0.5, 0.6) is 0 Å². The van der Waals surface area contributed by atoms with Gasteiger partial charge >= 0.3 is 12.3 Å². The van der Waals surface area contributed by atoms with E-state index in [9.17, 15) is 18.0 Å². The molecule has 0 aromatic rings. The Morgan fingerprint density at radius 3 is 2.62 bits per heavy atom. The number of ether oxygens (including phenoxy) is 2. The zero-order valence-corrected chi connectivity index (χ0v) is 12.9. The summed E-state index contributed by atoms with van der Waals surface area (Å²) in [6.07, 6.45) is -0.732. The highest BCUT2D eigenvalue weighted by molar-refractivity contribution is 8.02. The minimum atomic E-state index is -4.57. The number of nitrogens with zero attached hydrogens (tertiary/aromatic N) is 1. The summed E-state index contributed by atoms with van der Waals surface area (Å²) in [5.74, 6) is -1.63. The summed E-state index contributed by atoms with van der Waals surface area (Å²) in [6.45, 7) is 3.37. The molecule has 0 aromatic carbocycles. The first-order valence-electron chi connectivity index (χ1n) is 6.69. The molecule has 21 heavy (non-hydrogen) atoms. The van der Waals surface area contributed by atoms with Crippen LogP contribution in [-0.4, -0.2) is 47.9 Å². The maximum absolute atomic E-state index is 13.3. The summed E-state index contributed by atoms with van der Waals surface area (Å²) in [7, 11) is 0. The van der Waals surface area contributed by atoms with Crippen LogP contribution in [0.2, 0.25) is 0 Å². The molecule has 2 aliphatic heterocycles. The number of carbonyl (C=O) groups excluding carboxylic acids is 1. The molecule has 1 spiro atoms. The van der Waals surface area contributed by atoms with Gasteiger partial charge in [0.1, 0.15) is 0 Å². The molecule has 0 saturated carbocycles. The maximum Gasteiger partial charge on any atom is 0.422 e. The first kappa shape index (κ1) is 16.5. The second-order valence-corrected chi connectivity index (χ2v) is 6.15. The summed E-state index contributed by atoms with van der Waals surface area (Å²) in [5, 5.41) is 0. The van der Waals surface area contributed by atoms with Crippen LogP contribution in [0.15, 0.2) is 11.0 Å². The lowest BCUT2D eigenvalue weighted by molar-refractivity contribution is -0.296. The Kier molecular flexibility index (Phi) is 4.23. The molecule has 2 unspecified atom stereocenters. The van der Waals surface area contributed by atoms with Crippen LogP contribution in [0.3, 0.4) is 0 Å². The van der Waals surface area contributed by atoms with Crippen molar-refractivity contribution in [2.45, 2.75) is 44.3 Å². The van der Waals surface area contributed by atoms with Crippen LogP contribution in [0.1, 0.15) is 26.7 Å². The van der Waals surface area contributed by atoms with Gasteiger partial charge < -0.3 is 14.4 Å². The Morgan fingerprint density at radius 1 is 1.48 bits per heavy atom. The van der Waals surface area contributed by atoms with Crippen molar-refractivity contribution >= 4 is 17.9 Å². The smallest absolute Gasteiger partial charge is 0.411 e. The van der Waals surface area contributed by atoms with Crippen LogP contribution in [0, 0.1) is 0 Å². The van der Waals surface area contributed by atoms with Crippen LogP contribution in [0.4, 0.5) is 18.0 Å². The summed E-state index contributed by atoms with van der Waals surface area (Å²) < 4.78 is 50.2. The van der Waals surface area contributed by atoms with E-state index in [-0.39, 0.29) is 11.4 Å². The zero-order chi connectivity index (χ0) is 15.9. The second-order valence-electron chi connectivity index (χ2n) is 5.30. The number of rotatable bonds is 4. The van der Waals surface area contributed by atoms with Crippen LogP contribution in [-0.2, 0) is 9.47 Å². The number of halogens is 3. The summed E-state index contributed by atoms with van der Waals surface area (Å²) in [6, 6.07) is 0. The minimum Gasteiger partial charge on any atom is -0.411 e. The molecule has 0 bridgehead atoms. The second kappa shape index (κ2) is 5.39. The largest absolute Gasteiger partial charge is 0.422 e. The predicted octanol–water partition coefficient (Wildman–Crippen LogP) is 3.53. The standard InChI is InChI=1S/C13H18F3NO3S/c1-4-5-6-17-8-12(19-10(17)18)7-9(21-3)11(2,20-12)13(14,15)16/h7H,4-6,8H2,1-3H3. The fourth-order valence-corrected chi connectivity index (χ4v) is 3.28. The van der Waals surface area contributed by atoms with Crippen molar-refractivity contribution in [3.8, 4) is 0 Å². The van der Waals surface area contributed by atoms with E-state index in [0.29, 0.717) is 6.54 Å². The first-order chi connectivity index (χ1) is 9.67. The average Bonchev–Trinajstić information content (AvgIpc) is 2.84. The van der Waals surface area contributed by atoms with E-state index >= 15 is 0 Å². The number of hydrogen-bond acceptors (Lipinski definition) is 4. The number of amides is 1. The van der Waals surface area contributed by atoms with Crippen LogP contribution < -0.4 is 0 Å². The number of unbranched alkanes of at least 4 members (excludes halogenated alkanes) is 1. The molecule has 0 N–H and O–H groups in total. The lowest BCUT2D eigenvalue weighted by Crippen LogP contribution is -2.48. The zero-order valence-electron chi connectivity index (χ0n) is 12.1. The quantitative estimate of drug-likeness (QED) is 0.792. The highest BCUT2D eigenvalue weighted by atomic mass is 32.2. The molecule has 0 aliphatic carbocycles. The van der Waals surface area contributed by atoms with E-state index in [2.05, 4.69) is 0 Å². The Balaban J connectivity index is 2.24. The van der Waals surface area contributed by atoms with Crippen molar-refractivity contribution in [3.63, 3.8) is 0 Å². The van der Waals surface area contributed by atoms with Gasteiger partial charge in [0.15, 0.2) is 5.60 Å². The average molecular weight is 325 g/mol. The van der Waals surface area contributed by atoms with Gasteiger partial charge in [-0.25, -0.2) is 4.79 Å². The molecule has 2 heterocycles. The molecule has 120 valence electrons. The van der Waals surface area contributed by atoms with Gasteiger partial charge in [-0.2, -0.15) is 13.2 Å². The van der Waals surface area contributed by atoms with Crippen molar-refractivity contribution in [2.75, 3.05) is 19.3 Å². The molecule has 1 saturated heterocycles. The summed E-state index contributed by atoms with van der Waals surface area (Å²) in [5.41, 5.74) is -2.44. The van der Waals surface area contributed by atoms with E-state index in [1.165, 1.54) is 11.0 Å². The fourth-order valence-electron chi connectivity index (χ4n) is 2.44. The van der Waals surface area contributed by atoms with Gasteiger partial charge in [0.05, 0.1) is 6.54 Å². The molecule has 1 amide bonds. The SMILES string of the molecule is CCCCN1CC2(C=C(SC)C(C)(C(F)(F)F)O2)OC1=O. The topological polar surface area (TPSA) is 38.8 Å². The van der Waals surface area contributed by atoms with E-state index < -0.39 is 23.7 Å². The lowest BCUT2D eigenvalue weighted by atomic mass is 10.1. The third kappa shape index (κ3) is 2.75. The van der Waals surface area contributed by atoms with Gasteiger partial charge in [-0.1, -0.05) is 13.3 Å². The number of carbonyl (C=O) groups is 1. The van der Waals surface area contributed by atoms with Crippen molar-refractivity contribution in [1.82, 2.24) is 4.90 Å². The maximum atomic E-state index is 13.3. The lowest BCUT2D eigenvalue weighted by Gasteiger charge is -2.32. The molecule has 1 fully saturated rings. The van der Waals surface area contributed by atoms with E-state index in [4.69, 9.17) is 9.47 Å². The summed E-state index contributed by atoms with van der Waals surface area (Å²) in [4.78, 5) is 13.2. The van der Waals surface area contributed by atoms with Crippen LogP contribution >= 0.6 is 11.8 Å². The Morgan fingerprint density at radius 2 is 2.14 bits per heavy atom. The third-order valence-corrected chi connectivity index (χ3v) is 4.62. The van der Waals surface area contributed by atoms with Crippen molar-refractivity contribution in [3.05, 3.63) is 11.0 Å². The van der Waals surface area contributed by atoms with Crippen molar-refractivity contribution in [1.29, 1.82) is 0 Å². The number of alkyl halides is 3. The highest BCUT2D eigenvalue weighted by Crippen LogP contribution is 2.52. The van der Waals surface area contributed by atoms with Gasteiger partial charge in [-0.05, 0) is 19.6 Å². The highest BCUT2D eigenvalue weighted by Gasteiger charge is 2.65. The first-order valence-corrected chi connectivity index (χ1v) is 7.92. The molecule has 0 aromatic heterocycles. The Labute approximate surface area is 125 Å². The van der Waals surface area contributed by atoms with E-state index in [1.54, 1.807) is 6.26 Å². The molecule has 0 radical (unpaired) electrons. The normalized spacial score (nSPS) is 32.8. The molecule has 8 heteroatoms. The number of thioether (sulfide) groups is 1. The third-order valence-electron chi connectivity index (χ3n) is 3.67. The monoisotopic (exact) mass is 325 g/mol. The molecular formula is C13H18F3NO3S. The van der Waals surface area contributed by atoms with Crippen molar-refractivity contribution in [2.24, 2.45) is 0 Å². The molecule has 4 nitrogen and oxygen atoms in total. The van der Waals surface area contributed by atoms with Gasteiger partial charge in [-0.3, -0.25) is 0 Å². The van der Waals surface area contributed by atoms with Gasteiger partial charge in [0, 0.05) is 17.5 Å². The van der Waals surface area contributed by atoms with Gasteiger partial charge in [0.25, 0.3) is 5.79 Å². The summed E-state index contributed by atoms with van der Waals surface area (Å²) >= 11 is 0.954. The van der Waals surface area contributed by atoms with Gasteiger partial charge in [0.2, 0.25) is 0 Å². The molecular weight excluding hydrogens is 307 g/mol. The molecule has 2 aliphatic rings. The van der Waals surface area contributed by atoms with E-state index in [1.807, 2.05) is 6.92 Å². The minimum absolute atomic E-state index is 0.0123.